The van der Waals surface area contributed by atoms with Crippen LogP contribution >= 0.6 is 11.3 Å². The summed E-state index contributed by atoms with van der Waals surface area (Å²) in [5, 5.41) is 15.5. The van der Waals surface area contributed by atoms with Gasteiger partial charge in [0.15, 0.2) is 11.6 Å². The summed E-state index contributed by atoms with van der Waals surface area (Å²) >= 11 is 1.26. The number of fused-ring (bicyclic) bond motifs is 2. The number of aromatic hydroxyl groups is 1. The molecule has 0 bridgehead atoms. The van der Waals surface area contributed by atoms with Crippen molar-refractivity contribution >= 4 is 43.1 Å². The number of benzene rings is 1. The van der Waals surface area contributed by atoms with E-state index >= 15 is 0 Å². The number of aromatic nitrogens is 1. The van der Waals surface area contributed by atoms with Gasteiger partial charge in [0.05, 0.1) is 15.9 Å². The second-order valence-electron chi connectivity index (χ2n) is 6.85. The normalized spacial score (nSPS) is 16.0. The molecule has 4 rings (SSSR count). The molecule has 0 aliphatic carbocycles. The quantitative estimate of drug-likeness (QED) is 0.571. The minimum absolute atomic E-state index is 0.00362. The lowest BCUT2D eigenvalue weighted by molar-refractivity contribution is 0.478. The van der Waals surface area contributed by atoms with Crippen LogP contribution in [-0.4, -0.2) is 30.1 Å². The number of rotatable bonds is 5. The zero-order valence-corrected chi connectivity index (χ0v) is 17.5. The van der Waals surface area contributed by atoms with Crippen LogP contribution < -0.4 is 16.3 Å². The van der Waals surface area contributed by atoms with Gasteiger partial charge in [0.1, 0.15) is 10.5 Å². The zero-order valence-electron chi connectivity index (χ0n) is 15.8. The molecule has 29 heavy (non-hydrogen) atoms. The molecule has 2 aromatic heterocycles. The molecule has 3 aromatic rings. The van der Waals surface area contributed by atoms with Crippen LogP contribution in [0, 0.1) is 0 Å². The largest absolute Gasteiger partial charge is 0.505 e. The van der Waals surface area contributed by atoms with Crippen molar-refractivity contribution in [2.75, 3.05) is 10.7 Å². The molecule has 0 saturated heterocycles. The summed E-state index contributed by atoms with van der Waals surface area (Å²) in [5.74, 6) is -0.484. The highest BCUT2D eigenvalue weighted by Gasteiger charge is 2.30. The molecule has 1 atom stereocenters. The fourth-order valence-corrected chi connectivity index (χ4v) is 5.32. The van der Waals surface area contributed by atoms with Gasteiger partial charge in [0, 0.05) is 6.04 Å². The molecular formula is C19H20N4O4S2. The molecule has 0 saturated carbocycles. The number of sulfonamides is 1. The number of nitrogens with zero attached hydrogens (tertiary/aromatic N) is 2. The predicted octanol–water partition coefficient (Wildman–Crippen LogP) is 3.06. The van der Waals surface area contributed by atoms with Gasteiger partial charge in [-0.2, -0.15) is 8.42 Å². The molecule has 0 fully saturated rings. The van der Waals surface area contributed by atoms with Gasteiger partial charge in [0.2, 0.25) is 0 Å². The fraction of sp³-hybridized carbons (Fsp3) is 0.263. The van der Waals surface area contributed by atoms with E-state index in [0.717, 1.165) is 12.8 Å². The second-order valence-corrected chi connectivity index (χ2v) is 9.34. The summed E-state index contributed by atoms with van der Waals surface area (Å²) in [6.07, 6.45) is 1.78. The SMILES string of the molecule is CCC[C@@H](C)Nn1c(=O)c(C2=NS(=O)(=O)c3ccccc3N2)c(O)c2sccc21. The minimum atomic E-state index is -4.01. The first-order valence-electron chi connectivity index (χ1n) is 9.16. The van der Waals surface area contributed by atoms with Crippen molar-refractivity contribution < 1.29 is 13.5 Å². The Labute approximate surface area is 171 Å². The van der Waals surface area contributed by atoms with Gasteiger partial charge in [-0.25, -0.2) is 4.68 Å². The highest BCUT2D eigenvalue weighted by atomic mass is 32.2. The molecule has 10 heteroatoms. The first-order valence-corrected chi connectivity index (χ1v) is 11.5. The van der Waals surface area contributed by atoms with Crippen LogP contribution in [0.3, 0.4) is 0 Å². The third-order valence-electron chi connectivity index (χ3n) is 4.69. The molecular weight excluding hydrogens is 412 g/mol. The first-order chi connectivity index (χ1) is 13.8. The zero-order chi connectivity index (χ0) is 20.8. The predicted molar refractivity (Wildman–Crippen MR) is 115 cm³/mol. The molecule has 0 amide bonds. The van der Waals surface area contributed by atoms with E-state index in [1.807, 2.05) is 13.8 Å². The van der Waals surface area contributed by atoms with Gasteiger partial charge in [0.25, 0.3) is 15.6 Å². The van der Waals surface area contributed by atoms with Crippen molar-refractivity contribution in [2.24, 2.45) is 4.40 Å². The van der Waals surface area contributed by atoms with Crippen molar-refractivity contribution in [2.45, 2.75) is 37.6 Å². The van der Waals surface area contributed by atoms with Crippen molar-refractivity contribution in [3.8, 4) is 5.75 Å². The Bertz CT molecular complexity index is 1290. The number of para-hydroxylation sites is 1. The summed E-state index contributed by atoms with van der Waals surface area (Å²) in [7, 11) is -4.01. The van der Waals surface area contributed by atoms with E-state index in [1.165, 1.54) is 22.1 Å². The average molecular weight is 433 g/mol. The van der Waals surface area contributed by atoms with Crippen LogP contribution in [0.4, 0.5) is 5.69 Å². The Balaban J connectivity index is 1.94. The topological polar surface area (TPSA) is 113 Å². The van der Waals surface area contributed by atoms with Crippen LogP contribution in [0.2, 0.25) is 0 Å². The van der Waals surface area contributed by atoms with Crippen LogP contribution in [0.15, 0.2) is 49.8 Å². The Kier molecular flexibility index (Phi) is 4.83. The molecule has 1 aliphatic heterocycles. The van der Waals surface area contributed by atoms with Crippen molar-refractivity contribution in [3.63, 3.8) is 0 Å². The lowest BCUT2D eigenvalue weighted by atomic mass is 10.2. The van der Waals surface area contributed by atoms with Crippen LogP contribution in [0.1, 0.15) is 32.3 Å². The number of hydrogen-bond donors (Lipinski definition) is 3. The van der Waals surface area contributed by atoms with E-state index in [0.29, 0.717) is 15.9 Å². The number of hydrogen-bond acceptors (Lipinski definition) is 7. The van der Waals surface area contributed by atoms with Gasteiger partial charge in [-0.3, -0.25) is 4.79 Å². The monoisotopic (exact) mass is 432 g/mol. The average Bonchev–Trinajstić information content (AvgIpc) is 3.15. The van der Waals surface area contributed by atoms with E-state index in [1.54, 1.807) is 29.6 Å². The lowest BCUT2D eigenvalue weighted by Gasteiger charge is -2.21. The standard InChI is InChI=1S/C19H20N4O4S2/c1-3-6-11(2)21-23-13-9-10-28-17(13)16(24)15(19(23)25)18-20-12-7-4-5-8-14(12)29(26,27)22-18/h4-5,7-11,21,24H,3,6H2,1-2H3,(H,20,22)/t11-/m1/s1. The Hall–Kier alpha value is -2.85. The Morgan fingerprint density at radius 3 is 2.83 bits per heavy atom. The molecule has 0 spiro atoms. The second kappa shape index (κ2) is 7.20. The highest BCUT2D eigenvalue weighted by molar-refractivity contribution is 7.90. The van der Waals surface area contributed by atoms with E-state index < -0.39 is 15.6 Å². The summed E-state index contributed by atoms with van der Waals surface area (Å²) in [6, 6.07) is 8.04. The molecule has 3 N–H and O–H groups in total. The van der Waals surface area contributed by atoms with Crippen molar-refractivity contribution in [3.05, 3.63) is 51.6 Å². The fourth-order valence-electron chi connectivity index (χ4n) is 3.37. The molecule has 1 aromatic carbocycles. The number of anilines is 1. The molecule has 0 radical (unpaired) electrons. The van der Waals surface area contributed by atoms with E-state index in [9.17, 15) is 18.3 Å². The maximum Gasteiger partial charge on any atom is 0.286 e. The van der Waals surface area contributed by atoms with Gasteiger partial charge >= 0.3 is 0 Å². The summed E-state index contributed by atoms with van der Waals surface area (Å²) < 4.78 is 30.8. The maximum absolute atomic E-state index is 13.3. The minimum Gasteiger partial charge on any atom is -0.505 e. The third kappa shape index (κ3) is 3.28. The number of nitrogens with one attached hydrogen (secondary N) is 2. The van der Waals surface area contributed by atoms with Crippen molar-refractivity contribution in [1.82, 2.24) is 4.68 Å². The first kappa shape index (κ1) is 19.5. The lowest BCUT2D eigenvalue weighted by Crippen LogP contribution is -2.39. The highest BCUT2D eigenvalue weighted by Crippen LogP contribution is 2.34. The van der Waals surface area contributed by atoms with Gasteiger partial charge < -0.3 is 15.8 Å². The Morgan fingerprint density at radius 2 is 2.07 bits per heavy atom. The van der Waals surface area contributed by atoms with E-state index in [-0.39, 0.29) is 28.1 Å². The van der Waals surface area contributed by atoms with Gasteiger partial charge in [-0.1, -0.05) is 25.5 Å². The van der Waals surface area contributed by atoms with Crippen LogP contribution in [-0.2, 0) is 10.0 Å². The summed E-state index contributed by atoms with van der Waals surface area (Å²) in [5.41, 5.74) is 3.23. The van der Waals surface area contributed by atoms with Crippen LogP contribution in [0.25, 0.3) is 10.2 Å². The molecule has 3 heterocycles. The van der Waals surface area contributed by atoms with Gasteiger partial charge in [-0.15, -0.1) is 15.7 Å². The number of pyridine rings is 1. The maximum atomic E-state index is 13.3. The van der Waals surface area contributed by atoms with Crippen molar-refractivity contribution in [1.29, 1.82) is 0 Å². The smallest absolute Gasteiger partial charge is 0.286 e. The number of thiophene rings is 1. The van der Waals surface area contributed by atoms with Crippen LogP contribution in [0.5, 0.6) is 5.75 Å². The number of amidine groups is 1. The Morgan fingerprint density at radius 1 is 1.31 bits per heavy atom. The summed E-state index contributed by atoms with van der Waals surface area (Å²) in [4.78, 5) is 13.3. The molecule has 0 unspecified atom stereocenters. The molecule has 1 aliphatic rings. The van der Waals surface area contributed by atoms with E-state index in [2.05, 4.69) is 15.1 Å². The molecule has 8 nitrogen and oxygen atoms in total. The molecule has 152 valence electrons. The van der Waals surface area contributed by atoms with E-state index in [4.69, 9.17) is 0 Å². The third-order valence-corrected chi connectivity index (χ3v) is 6.94. The van der Waals surface area contributed by atoms with Gasteiger partial charge in [-0.05, 0) is 36.9 Å². The summed E-state index contributed by atoms with van der Waals surface area (Å²) in [6.45, 7) is 4.00.